The van der Waals surface area contributed by atoms with Crippen molar-refractivity contribution in [3.05, 3.63) is 42.5 Å². The van der Waals surface area contributed by atoms with Gasteiger partial charge in [0.2, 0.25) is 5.91 Å². The minimum absolute atomic E-state index is 0.344. The van der Waals surface area contributed by atoms with Gasteiger partial charge in [0.15, 0.2) is 9.88 Å². The number of nitrogens with one attached hydrogen (secondary N) is 2. The Morgan fingerprint density at radius 1 is 1.30 bits per heavy atom. The average Bonchev–Trinajstić information content (AvgIpc) is 3.04. The summed E-state index contributed by atoms with van der Waals surface area (Å²) < 4.78 is 5.13. The highest BCUT2D eigenvalue weighted by Crippen LogP contribution is 2.43. The summed E-state index contributed by atoms with van der Waals surface area (Å²) in [6.45, 7) is 4.13. The van der Waals surface area contributed by atoms with E-state index >= 15 is 0 Å². The minimum Gasteiger partial charge on any atom is -0.494 e. The van der Waals surface area contributed by atoms with Gasteiger partial charge in [-0.05, 0) is 44.2 Å². The summed E-state index contributed by atoms with van der Waals surface area (Å²) in [5, 5.41) is 6.07. The predicted octanol–water partition coefficient (Wildman–Crippen LogP) is 4.14. The van der Waals surface area contributed by atoms with Gasteiger partial charge >= 0.3 is 0 Å². The number of hydrogen-bond donors (Lipinski definition) is 2. The van der Waals surface area contributed by atoms with Gasteiger partial charge in [-0.2, -0.15) is 0 Å². The minimum atomic E-state index is -1.28. The van der Waals surface area contributed by atoms with Crippen LogP contribution in [0.4, 0.5) is 10.8 Å². The fraction of sp³-hybridized carbons (Fsp3) is 0.211. The molecule has 0 fully saturated rings. The third kappa shape index (κ3) is 3.26. The van der Waals surface area contributed by atoms with Crippen LogP contribution < -0.4 is 15.4 Å². The molecule has 0 spiro atoms. The van der Waals surface area contributed by atoms with Crippen LogP contribution in [0.5, 0.6) is 5.75 Å². The normalized spacial score (nSPS) is 18.7. The number of carbonyl (C=O) groups is 2. The van der Waals surface area contributed by atoms with Gasteiger partial charge in [-0.25, -0.2) is 4.98 Å². The third-order valence-corrected chi connectivity index (χ3v) is 6.50. The van der Waals surface area contributed by atoms with Crippen LogP contribution in [-0.2, 0) is 9.59 Å². The Labute approximate surface area is 164 Å². The van der Waals surface area contributed by atoms with Crippen molar-refractivity contribution < 1.29 is 14.3 Å². The standard InChI is InChI=1S/C19H17N3O3S2/c1-3-25-11-8-9-13-15(10-11)26-18(21-13)22-17(24)19(2)16(23)20-12-6-4-5-7-14(12)27-19/h4-10H,3H2,1-2H3,(H,20,23)(H,21,22,24). The van der Waals surface area contributed by atoms with Gasteiger partial charge in [-0.3, -0.25) is 9.59 Å². The first-order valence-electron chi connectivity index (χ1n) is 8.44. The summed E-state index contributed by atoms with van der Waals surface area (Å²) in [5.41, 5.74) is 1.50. The van der Waals surface area contributed by atoms with Crippen molar-refractivity contribution in [3.63, 3.8) is 0 Å². The molecule has 1 unspecified atom stereocenters. The molecule has 0 saturated heterocycles. The molecule has 0 saturated carbocycles. The molecule has 1 aromatic heterocycles. The maximum absolute atomic E-state index is 12.9. The van der Waals surface area contributed by atoms with Crippen molar-refractivity contribution in [3.8, 4) is 5.75 Å². The molecule has 1 aliphatic rings. The predicted molar refractivity (Wildman–Crippen MR) is 109 cm³/mol. The summed E-state index contributed by atoms with van der Waals surface area (Å²) in [6, 6.07) is 13.0. The molecule has 1 aliphatic heterocycles. The van der Waals surface area contributed by atoms with E-state index in [1.165, 1.54) is 23.1 Å². The van der Waals surface area contributed by atoms with E-state index < -0.39 is 10.7 Å². The number of carbonyl (C=O) groups excluding carboxylic acids is 2. The molecular formula is C19H17N3O3S2. The van der Waals surface area contributed by atoms with E-state index in [9.17, 15) is 9.59 Å². The monoisotopic (exact) mass is 399 g/mol. The van der Waals surface area contributed by atoms with Gasteiger partial charge in [-0.15, -0.1) is 0 Å². The lowest BCUT2D eigenvalue weighted by Gasteiger charge is -2.31. The fourth-order valence-electron chi connectivity index (χ4n) is 2.75. The number of ether oxygens (including phenoxy) is 1. The molecule has 2 N–H and O–H groups in total. The van der Waals surface area contributed by atoms with Crippen LogP contribution in [-0.4, -0.2) is 28.2 Å². The zero-order chi connectivity index (χ0) is 19.0. The van der Waals surface area contributed by atoms with E-state index in [0.29, 0.717) is 11.7 Å². The SMILES string of the molecule is CCOc1ccc2nc(NC(=O)C3(C)Sc4ccccc4NC3=O)sc2c1. The highest BCUT2D eigenvalue weighted by atomic mass is 32.2. The van der Waals surface area contributed by atoms with E-state index in [1.54, 1.807) is 6.92 Å². The summed E-state index contributed by atoms with van der Waals surface area (Å²) >= 11 is 2.59. The van der Waals surface area contributed by atoms with Gasteiger partial charge in [0.05, 0.1) is 22.5 Å². The molecule has 0 bridgehead atoms. The molecule has 0 radical (unpaired) electrons. The first-order chi connectivity index (χ1) is 13.0. The Hall–Kier alpha value is -2.58. The second-order valence-corrected chi connectivity index (χ2v) is 8.61. The quantitative estimate of drug-likeness (QED) is 0.645. The highest BCUT2D eigenvalue weighted by molar-refractivity contribution is 8.02. The van der Waals surface area contributed by atoms with Crippen LogP contribution in [0.2, 0.25) is 0 Å². The Morgan fingerprint density at radius 3 is 2.93 bits per heavy atom. The van der Waals surface area contributed by atoms with E-state index in [0.717, 1.165) is 26.5 Å². The zero-order valence-electron chi connectivity index (χ0n) is 14.7. The van der Waals surface area contributed by atoms with E-state index in [1.807, 2.05) is 49.4 Å². The number of benzene rings is 2. The molecule has 2 amide bonds. The molecule has 27 heavy (non-hydrogen) atoms. The number of aromatic nitrogens is 1. The molecular weight excluding hydrogens is 382 g/mol. The average molecular weight is 399 g/mol. The van der Waals surface area contributed by atoms with Crippen molar-refractivity contribution in [1.29, 1.82) is 0 Å². The lowest BCUT2D eigenvalue weighted by Crippen LogP contribution is -2.49. The van der Waals surface area contributed by atoms with Crippen molar-refractivity contribution in [1.82, 2.24) is 4.98 Å². The summed E-state index contributed by atoms with van der Waals surface area (Å²) in [5.74, 6) is 0.0179. The van der Waals surface area contributed by atoms with Gasteiger partial charge < -0.3 is 15.4 Å². The van der Waals surface area contributed by atoms with Crippen LogP contribution in [0.25, 0.3) is 10.2 Å². The third-order valence-electron chi connectivity index (χ3n) is 4.21. The van der Waals surface area contributed by atoms with Crippen molar-refractivity contribution in [2.24, 2.45) is 0 Å². The van der Waals surface area contributed by atoms with Gasteiger partial charge in [0.1, 0.15) is 5.75 Å². The van der Waals surface area contributed by atoms with Crippen LogP contribution in [0.1, 0.15) is 13.8 Å². The Balaban J connectivity index is 1.58. The first-order valence-corrected chi connectivity index (χ1v) is 10.1. The molecule has 138 valence electrons. The fourth-order valence-corrected chi connectivity index (χ4v) is 4.74. The van der Waals surface area contributed by atoms with E-state index in [4.69, 9.17) is 4.74 Å². The molecule has 2 heterocycles. The number of amides is 2. The van der Waals surface area contributed by atoms with Crippen molar-refractivity contribution >= 4 is 55.9 Å². The molecule has 1 atom stereocenters. The number of thiazole rings is 1. The molecule has 4 rings (SSSR count). The number of hydrogen-bond acceptors (Lipinski definition) is 6. The highest BCUT2D eigenvalue weighted by Gasteiger charge is 2.46. The second kappa shape index (κ2) is 6.86. The van der Waals surface area contributed by atoms with Crippen molar-refractivity contribution in [2.45, 2.75) is 23.5 Å². The van der Waals surface area contributed by atoms with Crippen LogP contribution in [0, 0.1) is 0 Å². The Bertz CT molecular complexity index is 1050. The number of rotatable bonds is 4. The second-order valence-electron chi connectivity index (χ2n) is 6.12. The van der Waals surface area contributed by atoms with Crippen molar-refractivity contribution in [2.75, 3.05) is 17.2 Å². The lowest BCUT2D eigenvalue weighted by atomic mass is 10.1. The molecule has 3 aromatic rings. The van der Waals surface area contributed by atoms with Gasteiger partial charge in [0, 0.05) is 4.90 Å². The molecule has 6 nitrogen and oxygen atoms in total. The maximum Gasteiger partial charge on any atom is 0.252 e. The van der Waals surface area contributed by atoms with Gasteiger partial charge in [-0.1, -0.05) is 35.2 Å². The number of para-hydroxylation sites is 1. The van der Waals surface area contributed by atoms with Crippen LogP contribution >= 0.6 is 23.1 Å². The van der Waals surface area contributed by atoms with Crippen LogP contribution in [0.3, 0.4) is 0 Å². The number of thioether (sulfide) groups is 1. The summed E-state index contributed by atoms with van der Waals surface area (Å²) in [6.07, 6.45) is 0. The summed E-state index contributed by atoms with van der Waals surface area (Å²) in [4.78, 5) is 30.8. The van der Waals surface area contributed by atoms with E-state index in [-0.39, 0.29) is 5.91 Å². The number of fused-ring (bicyclic) bond motifs is 2. The van der Waals surface area contributed by atoms with Gasteiger partial charge in [0.25, 0.3) is 5.91 Å². The Morgan fingerprint density at radius 2 is 2.11 bits per heavy atom. The summed E-state index contributed by atoms with van der Waals surface area (Å²) in [7, 11) is 0. The molecule has 2 aromatic carbocycles. The van der Waals surface area contributed by atoms with Crippen LogP contribution in [0.15, 0.2) is 47.4 Å². The smallest absolute Gasteiger partial charge is 0.252 e. The lowest BCUT2D eigenvalue weighted by molar-refractivity contribution is -0.126. The van der Waals surface area contributed by atoms with E-state index in [2.05, 4.69) is 15.6 Å². The largest absolute Gasteiger partial charge is 0.494 e. The maximum atomic E-state index is 12.9. The number of anilines is 2. The Kier molecular flexibility index (Phi) is 4.53. The first kappa shape index (κ1) is 17.8. The topological polar surface area (TPSA) is 80.3 Å². The molecule has 0 aliphatic carbocycles. The zero-order valence-corrected chi connectivity index (χ0v) is 16.4. The number of nitrogens with zero attached hydrogens (tertiary/aromatic N) is 1. The molecule has 8 heteroatoms.